The van der Waals surface area contributed by atoms with Crippen LogP contribution < -0.4 is 5.73 Å². The van der Waals surface area contributed by atoms with E-state index in [0.29, 0.717) is 12.8 Å². The molecule has 5 unspecified atom stereocenters. The molecular weight excluding hydrogens is 622 g/mol. The van der Waals surface area contributed by atoms with Crippen LogP contribution in [0.25, 0.3) is 0 Å². The molecule has 8 atom stereocenters. The lowest BCUT2D eigenvalue weighted by Crippen LogP contribution is -2.40. The van der Waals surface area contributed by atoms with Gasteiger partial charge >= 0.3 is 18.0 Å². The number of hydrogen-bond acceptors (Lipinski definition) is 10. The highest BCUT2D eigenvalue weighted by atomic mass is 35.5. The first kappa shape index (κ1) is 40.5. The molecular formula is C33H46ClNO11. The Kier molecular flexibility index (Phi) is 18.7. The monoisotopic (exact) mass is 667 g/mol. The van der Waals surface area contributed by atoms with Gasteiger partial charge in [-0.3, -0.25) is 9.59 Å². The number of Topliss-reactive ketones (excluding diaryl/α,β-unsaturated/α-hetero) is 1. The van der Waals surface area contributed by atoms with Crippen molar-refractivity contribution < 1.29 is 54.2 Å². The fraction of sp³-hybridized carbons (Fsp3) is 0.515. The van der Waals surface area contributed by atoms with Crippen molar-refractivity contribution >= 4 is 35.4 Å². The van der Waals surface area contributed by atoms with E-state index in [0.717, 1.165) is 5.57 Å². The zero-order valence-corrected chi connectivity index (χ0v) is 27.0. The number of amides is 1. The van der Waals surface area contributed by atoms with Crippen LogP contribution >= 0.6 is 11.6 Å². The molecule has 0 bridgehead atoms. The summed E-state index contributed by atoms with van der Waals surface area (Å²) < 4.78 is 10.1. The van der Waals surface area contributed by atoms with Crippen LogP contribution in [0, 0.1) is 11.8 Å². The third kappa shape index (κ3) is 15.6. The molecule has 0 heterocycles. The van der Waals surface area contributed by atoms with Gasteiger partial charge < -0.3 is 40.7 Å². The summed E-state index contributed by atoms with van der Waals surface area (Å²) >= 11 is 6.27. The molecule has 1 amide bonds. The summed E-state index contributed by atoms with van der Waals surface area (Å²) in [4.78, 5) is 46.6. The number of carbonyl (C=O) groups is 4. The van der Waals surface area contributed by atoms with Gasteiger partial charge in [-0.1, -0.05) is 73.6 Å². The van der Waals surface area contributed by atoms with Crippen molar-refractivity contribution in [2.24, 2.45) is 17.6 Å². The second-order valence-electron chi connectivity index (χ2n) is 11.1. The van der Waals surface area contributed by atoms with E-state index < -0.39 is 78.7 Å². The Bertz CT molecular complexity index is 1210. The number of allylic oxidation sites excluding steroid dienone is 9. The van der Waals surface area contributed by atoms with Crippen LogP contribution in [0.15, 0.2) is 71.4 Å². The normalized spacial score (nSPS) is 23.0. The number of ketones is 1. The summed E-state index contributed by atoms with van der Waals surface area (Å²) in [5, 5.41) is 50.4. The topological polar surface area (TPSA) is 214 Å². The van der Waals surface area contributed by atoms with Gasteiger partial charge in [-0.25, -0.2) is 9.59 Å². The van der Waals surface area contributed by atoms with Crippen LogP contribution in [-0.2, 0) is 23.9 Å². The largest absolute Gasteiger partial charge is 0.481 e. The highest BCUT2D eigenvalue weighted by molar-refractivity contribution is 6.30. The summed E-state index contributed by atoms with van der Waals surface area (Å²) in [7, 11) is 0. The number of aliphatic hydroxyl groups excluding tert-OH is 4. The van der Waals surface area contributed by atoms with Gasteiger partial charge in [-0.2, -0.15) is 0 Å². The van der Waals surface area contributed by atoms with E-state index in [2.05, 4.69) is 0 Å². The molecule has 0 aromatic heterocycles. The Hall–Kier alpha value is -3.55. The average molecular weight is 668 g/mol. The van der Waals surface area contributed by atoms with Crippen molar-refractivity contribution in [3.05, 3.63) is 71.4 Å². The first-order chi connectivity index (χ1) is 21.7. The van der Waals surface area contributed by atoms with Crippen LogP contribution in [0.2, 0.25) is 0 Å². The Morgan fingerprint density at radius 1 is 1.02 bits per heavy atom. The number of aliphatic carboxylic acids is 1. The van der Waals surface area contributed by atoms with Crippen LogP contribution in [0.1, 0.15) is 59.3 Å². The number of hydrogen-bond donors (Lipinski definition) is 6. The van der Waals surface area contributed by atoms with Gasteiger partial charge in [-0.15, -0.1) is 0 Å². The average Bonchev–Trinajstić information content (AvgIpc) is 2.99. The maximum atomic E-state index is 12.5. The Labute approximate surface area is 274 Å². The van der Waals surface area contributed by atoms with E-state index in [-0.39, 0.29) is 24.3 Å². The van der Waals surface area contributed by atoms with Gasteiger partial charge in [0.1, 0.15) is 18.3 Å². The fourth-order valence-corrected chi connectivity index (χ4v) is 4.71. The number of aliphatic hydroxyl groups is 4. The Balaban J connectivity index is 2.59. The first-order valence-corrected chi connectivity index (χ1v) is 15.4. The van der Waals surface area contributed by atoms with Crippen molar-refractivity contribution in [3.63, 3.8) is 0 Å². The van der Waals surface area contributed by atoms with Gasteiger partial charge in [0.15, 0.2) is 5.78 Å². The van der Waals surface area contributed by atoms with Gasteiger partial charge in [-0.05, 0) is 44.8 Å². The molecule has 0 radical (unpaired) electrons. The molecule has 12 nitrogen and oxygen atoms in total. The molecule has 0 aromatic rings. The number of nitrogens with two attached hydrogens (primary N) is 1. The standard InChI is InChI=1S/C33H46ClNO11/c1-4-5-12-24(45-33(35)44)18-23(36)19-27(38)31(41)30(40)21(3)25(34)13-8-6-10-20(2)11-7-9-14-29(39)46-28-16-15-22(32(42)43)17-26(28)37/h5-14,21-24,26,28,30-31,36-37,40-41H,4,15-19H2,1-3H3,(H2,35,44)(H,42,43)/b8-6+,11-7+,12-5+,14-9+,20-10+,25-13-/t21?,22-,23?,24?,26+,28-,30?,31?/m0/s1. The molecule has 256 valence electrons. The minimum absolute atomic E-state index is 0.0389. The summed E-state index contributed by atoms with van der Waals surface area (Å²) in [6.07, 6.45) is 8.18. The van der Waals surface area contributed by atoms with Gasteiger partial charge in [0, 0.05) is 29.9 Å². The number of rotatable bonds is 18. The number of carboxylic acids is 1. The highest BCUT2D eigenvalue weighted by Gasteiger charge is 2.35. The molecule has 13 heteroatoms. The smallest absolute Gasteiger partial charge is 0.405 e. The zero-order valence-electron chi connectivity index (χ0n) is 26.3. The predicted octanol–water partition coefficient (Wildman–Crippen LogP) is 3.38. The number of carbonyl (C=O) groups excluding carboxylic acids is 3. The zero-order chi connectivity index (χ0) is 34.8. The number of primary amides is 1. The molecule has 0 spiro atoms. The van der Waals surface area contributed by atoms with E-state index in [4.69, 9.17) is 31.9 Å². The second kappa shape index (κ2) is 21.3. The van der Waals surface area contributed by atoms with Crippen molar-refractivity contribution in [3.8, 4) is 0 Å². The lowest BCUT2D eigenvalue weighted by Gasteiger charge is -2.30. The van der Waals surface area contributed by atoms with E-state index in [9.17, 15) is 39.6 Å². The summed E-state index contributed by atoms with van der Waals surface area (Å²) in [6, 6.07) is 0. The van der Waals surface area contributed by atoms with E-state index in [1.807, 2.05) is 6.92 Å². The van der Waals surface area contributed by atoms with Crippen LogP contribution in [-0.4, -0.2) is 86.0 Å². The lowest BCUT2D eigenvalue weighted by molar-refractivity contribution is -0.157. The quantitative estimate of drug-likeness (QED) is 0.0539. The molecule has 46 heavy (non-hydrogen) atoms. The van der Waals surface area contributed by atoms with Crippen molar-refractivity contribution in [2.45, 2.75) is 95.9 Å². The first-order valence-electron chi connectivity index (χ1n) is 15.0. The van der Waals surface area contributed by atoms with Crippen molar-refractivity contribution in [1.29, 1.82) is 0 Å². The summed E-state index contributed by atoms with van der Waals surface area (Å²) in [6.45, 7) is 5.20. The molecule has 1 fully saturated rings. The third-order valence-electron chi connectivity index (χ3n) is 7.20. The van der Waals surface area contributed by atoms with E-state index in [1.165, 1.54) is 25.2 Å². The number of carboxylic acid groups (broad SMARTS) is 1. The molecule has 1 saturated carbocycles. The van der Waals surface area contributed by atoms with Gasteiger partial charge in [0.25, 0.3) is 0 Å². The van der Waals surface area contributed by atoms with Crippen LogP contribution in [0.4, 0.5) is 4.79 Å². The minimum atomic E-state index is -1.81. The summed E-state index contributed by atoms with van der Waals surface area (Å²) in [5.74, 6) is -3.89. The van der Waals surface area contributed by atoms with Crippen molar-refractivity contribution in [2.75, 3.05) is 0 Å². The van der Waals surface area contributed by atoms with Crippen molar-refractivity contribution in [1.82, 2.24) is 0 Å². The Morgan fingerprint density at radius 2 is 1.67 bits per heavy atom. The number of halogens is 1. The molecule has 1 aliphatic carbocycles. The Morgan fingerprint density at radius 3 is 2.28 bits per heavy atom. The molecule has 7 N–H and O–H groups in total. The molecule has 0 aromatic carbocycles. The van der Waals surface area contributed by atoms with E-state index >= 15 is 0 Å². The predicted molar refractivity (Wildman–Crippen MR) is 171 cm³/mol. The SMILES string of the molecule is CC/C=C/C(CC(O)CC(=O)C(O)C(O)C(C)/C(Cl)=C/C=C/C=C(C)/C=C/C=C/C(=O)O[C@H]1CC[C@H](C(=O)O)C[C@H]1O)OC(N)=O. The number of esters is 1. The van der Waals surface area contributed by atoms with Crippen LogP contribution in [0.5, 0.6) is 0 Å². The maximum absolute atomic E-state index is 12.5. The highest BCUT2D eigenvalue weighted by Crippen LogP contribution is 2.27. The molecule has 1 rings (SSSR count). The fourth-order valence-electron chi connectivity index (χ4n) is 4.51. The summed E-state index contributed by atoms with van der Waals surface area (Å²) in [5.41, 5.74) is 5.85. The molecule has 0 saturated heterocycles. The molecule has 0 aliphatic heterocycles. The minimum Gasteiger partial charge on any atom is -0.481 e. The lowest BCUT2D eigenvalue weighted by atomic mass is 9.85. The van der Waals surface area contributed by atoms with Gasteiger partial charge in [0.2, 0.25) is 0 Å². The third-order valence-corrected chi connectivity index (χ3v) is 7.67. The second-order valence-corrected chi connectivity index (χ2v) is 11.5. The van der Waals surface area contributed by atoms with Crippen LogP contribution in [0.3, 0.4) is 0 Å². The van der Waals surface area contributed by atoms with Gasteiger partial charge in [0.05, 0.1) is 24.2 Å². The number of ether oxygens (including phenoxy) is 2. The maximum Gasteiger partial charge on any atom is 0.405 e. The van der Waals surface area contributed by atoms with E-state index in [1.54, 1.807) is 49.5 Å². The molecule has 1 aliphatic rings.